The third-order valence-corrected chi connectivity index (χ3v) is 4.37. The van der Waals surface area contributed by atoms with Gasteiger partial charge in [-0.15, -0.1) is 10.2 Å². The monoisotopic (exact) mass is 380 g/mol. The Kier molecular flexibility index (Phi) is 5.44. The van der Waals surface area contributed by atoms with Gasteiger partial charge in [0.1, 0.15) is 0 Å². The van der Waals surface area contributed by atoms with E-state index >= 15 is 0 Å². The van der Waals surface area contributed by atoms with E-state index in [2.05, 4.69) is 20.7 Å². The van der Waals surface area contributed by atoms with Crippen molar-refractivity contribution < 1.29 is 9.72 Å². The number of benzene rings is 2. The predicted octanol–water partition coefficient (Wildman–Crippen LogP) is 3.39. The van der Waals surface area contributed by atoms with E-state index in [0.29, 0.717) is 17.1 Å². The summed E-state index contributed by atoms with van der Waals surface area (Å²) in [5, 5.41) is 26.3. The molecule has 28 heavy (non-hydrogen) atoms. The first-order valence-electron chi connectivity index (χ1n) is 8.78. The number of nitrogens with one attached hydrogen (secondary N) is 1. The van der Waals surface area contributed by atoms with Crippen LogP contribution in [0.25, 0.3) is 11.4 Å². The van der Waals surface area contributed by atoms with E-state index in [9.17, 15) is 14.9 Å². The average Bonchev–Trinajstić information content (AvgIpc) is 3.13. The van der Waals surface area contributed by atoms with Crippen molar-refractivity contribution in [2.45, 2.75) is 26.8 Å². The summed E-state index contributed by atoms with van der Waals surface area (Å²) in [5.41, 5.74) is 1.52. The van der Waals surface area contributed by atoms with Crippen LogP contribution in [0.4, 0.5) is 11.4 Å². The molecule has 144 valence electrons. The molecule has 0 radical (unpaired) electrons. The van der Waals surface area contributed by atoms with Crippen LogP contribution in [0.2, 0.25) is 0 Å². The highest BCUT2D eigenvalue weighted by atomic mass is 16.6. The van der Waals surface area contributed by atoms with E-state index in [1.807, 2.05) is 44.2 Å². The van der Waals surface area contributed by atoms with E-state index in [1.54, 1.807) is 13.0 Å². The van der Waals surface area contributed by atoms with Gasteiger partial charge in [-0.05, 0) is 24.1 Å². The molecule has 1 N–H and O–H groups in total. The molecule has 2 aromatic carbocycles. The molecule has 0 saturated heterocycles. The van der Waals surface area contributed by atoms with Gasteiger partial charge in [-0.25, -0.2) is 0 Å². The Labute approximate surface area is 161 Å². The van der Waals surface area contributed by atoms with Crippen molar-refractivity contribution in [3.8, 4) is 11.4 Å². The molecule has 1 unspecified atom stereocenters. The van der Waals surface area contributed by atoms with E-state index in [-0.39, 0.29) is 17.5 Å². The highest BCUT2D eigenvalue weighted by Crippen LogP contribution is 2.27. The molecule has 0 aliphatic carbocycles. The van der Waals surface area contributed by atoms with Crippen molar-refractivity contribution in [2.75, 3.05) is 5.32 Å². The van der Waals surface area contributed by atoms with Gasteiger partial charge in [0.15, 0.2) is 6.04 Å². The summed E-state index contributed by atoms with van der Waals surface area (Å²) in [6, 6.07) is 13.2. The number of hydrogen-bond donors (Lipinski definition) is 1. The molecule has 0 spiro atoms. The number of carbonyl (C=O) groups is 1. The lowest BCUT2D eigenvalue weighted by Gasteiger charge is -2.19. The van der Waals surface area contributed by atoms with Crippen LogP contribution in [-0.2, 0) is 4.79 Å². The second-order valence-electron chi connectivity index (χ2n) is 6.68. The molecule has 0 saturated carbocycles. The van der Waals surface area contributed by atoms with Gasteiger partial charge in [-0.1, -0.05) is 50.2 Å². The number of carbonyl (C=O) groups excluding carboxylic acids is 1. The van der Waals surface area contributed by atoms with Crippen LogP contribution < -0.4 is 5.32 Å². The van der Waals surface area contributed by atoms with Gasteiger partial charge in [-0.2, -0.15) is 4.80 Å². The van der Waals surface area contributed by atoms with Crippen molar-refractivity contribution in [3.05, 3.63) is 64.2 Å². The Balaban J connectivity index is 1.87. The van der Waals surface area contributed by atoms with Crippen LogP contribution in [0.1, 0.15) is 25.5 Å². The minimum atomic E-state index is -0.719. The van der Waals surface area contributed by atoms with Crippen molar-refractivity contribution in [1.29, 1.82) is 0 Å². The highest BCUT2D eigenvalue weighted by molar-refractivity contribution is 5.94. The Morgan fingerprint density at radius 2 is 1.86 bits per heavy atom. The lowest BCUT2D eigenvalue weighted by Crippen LogP contribution is -2.31. The first-order chi connectivity index (χ1) is 13.4. The third kappa shape index (κ3) is 3.88. The Hall–Kier alpha value is -3.62. The summed E-state index contributed by atoms with van der Waals surface area (Å²) < 4.78 is 0. The smallest absolute Gasteiger partial charge is 0.274 e. The maximum atomic E-state index is 12.9. The average molecular weight is 380 g/mol. The highest BCUT2D eigenvalue weighted by Gasteiger charge is 2.28. The summed E-state index contributed by atoms with van der Waals surface area (Å²) in [7, 11) is 0. The van der Waals surface area contributed by atoms with E-state index in [0.717, 1.165) is 5.56 Å². The molecule has 1 heterocycles. The second-order valence-corrected chi connectivity index (χ2v) is 6.68. The van der Waals surface area contributed by atoms with Gasteiger partial charge >= 0.3 is 0 Å². The number of anilines is 1. The fraction of sp³-hybridized carbons (Fsp3) is 0.263. The zero-order valence-electron chi connectivity index (χ0n) is 15.7. The summed E-state index contributed by atoms with van der Waals surface area (Å²) in [6.45, 7) is 5.34. The third-order valence-electron chi connectivity index (χ3n) is 4.37. The van der Waals surface area contributed by atoms with Gasteiger partial charge < -0.3 is 5.32 Å². The minimum absolute atomic E-state index is 0.0517. The molecule has 3 rings (SSSR count). The van der Waals surface area contributed by atoms with Crippen LogP contribution in [0.3, 0.4) is 0 Å². The minimum Gasteiger partial charge on any atom is -0.324 e. The van der Waals surface area contributed by atoms with Crippen LogP contribution in [0.5, 0.6) is 0 Å². The number of nitrogens with zero attached hydrogens (tertiary/aromatic N) is 5. The van der Waals surface area contributed by atoms with Crippen molar-refractivity contribution in [2.24, 2.45) is 5.92 Å². The molecule has 1 amide bonds. The van der Waals surface area contributed by atoms with E-state index in [4.69, 9.17) is 0 Å². The van der Waals surface area contributed by atoms with Crippen LogP contribution in [-0.4, -0.2) is 31.0 Å². The van der Waals surface area contributed by atoms with Gasteiger partial charge in [0.05, 0.1) is 16.2 Å². The topological polar surface area (TPSA) is 116 Å². The summed E-state index contributed by atoms with van der Waals surface area (Å²) in [5.74, 6) is -0.0713. The molecule has 9 heteroatoms. The first-order valence-corrected chi connectivity index (χ1v) is 8.78. The quantitative estimate of drug-likeness (QED) is 0.517. The molecule has 1 atom stereocenters. The molecule has 0 aliphatic rings. The summed E-state index contributed by atoms with van der Waals surface area (Å²) >= 11 is 0. The molecule has 1 aromatic heterocycles. The van der Waals surface area contributed by atoms with Gasteiger partial charge in [-0.3, -0.25) is 14.9 Å². The van der Waals surface area contributed by atoms with Crippen LogP contribution >= 0.6 is 0 Å². The van der Waals surface area contributed by atoms with Gasteiger partial charge in [0, 0.05) is 11.6 Å². The number of nitro groups is 1. The number of amides is 1. The zero-order chi connectivity index (χ0) is 20.3. The number of nitro benzene ring substituents is 1. The fourth-order valence-electron chi connectivity index (χ4n) is 2.88. The molecule has 3 aromatic rings. The van der Waals surface area contributed by atoms with Gasteiger partial charge in [0.25, 0.3) is 11.6 Å². The van der Waals surface area contributed by atoms with Crippen LogP contribution in [0.15, 0.2) is 48.5 Å². The van der Waals surface area contributed by atoms with Gasteiger partial charge in [0.2, 0.25) is 5.82 Å². The van der Waals surface area contributed by atoms with Crippen molar-refractivity contribution in [3.63, 3.8) is 0 Å². The molecular weight excluding hydrogens is 360 g/mol. The number of rotatable bonds is 6. The number of hydrogen-bond acceptors (Lipinski definition) is 6. The summed E-state index contributed by atoms with van der Waals surface area (Å²) in [4.78, 5) is 24.9. The molecule has 0 bridgehead atoms. The number of tetrazole rings is 1. The maximum Gasteiger partial charge on any atom is 0.274 e. The summed E-state index contributed by atoms with van der Waals surface area (Å²) in [6.07, 6.45) is 0. The normalized spacial score (nSPS) is 12.0. The zero-order valence-corrected chi connectivity index (χ0v) is 15.7. The maximum absolute atomic E-state index is 12.9. The van der Waals surface area contributed by atoms with E-state index < -0.39 is 11.0 Å². The second kappa shape index (κ2) is 7.95. The number of aromatic nitrogens is 4. The lowest BCUT2D eigenvalue weighted by molar-refractivity contribution is -0.385. The Morgan fingerprint density at radius 1 is 1.14 bits per heavy atom. The molecule has 0 aliphatic heterocycles. The standard InChI is InChI=1S/C19H20N6O3/c1-12(2)17(24-22-18(21-23-24)14-8-5-4-6-9-14)19(26)20-15-10-7-11-16(13(15)3)25(27)28/h4-12,17H,1-3H3,(H,20,26). The lowest BCUT2D eigenvalue weighted by atomic mass is 10.0. The molecule has 9 nitrogen and oxygen atoms in total. The predicted molar refractivity (Wildman–Crippen MR) is 104 cm³/mol. The van der Waals surface area contributed by atoms with Crippen LogP contribution in [0, 0.1) is 23.0 Å². The van der Waals surface area contributed by atoms with E-state index in [1.165, 1.54) is 16.9 Å². The Bertz CT molecular complexity index is 1000. The molecular formula is C19H20N6O3. The largest absolute Gasteiger partial charge is 0.324 e. The fourth-order valence-corrected chi connectivity index (χ4v) is 2.88. The van der Waals surface area contributed by atoms with Crippen molar-refractivity contribution in [1.82, 2.24) is 20.2 Å². The first kappa shape index (κ1) is 19.2. The SMILES string of the molecule is Cc1c(NC(=O)C(C(C)C)n2nnc(-c3ccccc3)n2)cccc1[N+](=O)[O-]. The van der Waals surface area contributed by atoms with Crippen molar-refractivity contribution >= 4 is 17.3 Å². The Morgan fingerprint density at radius 3 is 2.50 bits per heavy atom. The molecule has 0 fully saturated rings.